The van der Waals surface area contributed by atoms with Gasteiger partial charge in [-0.15, -0.1) is 0 Å². The lowest BCUT2D eigenvalue weighted by atomic mass is 9.98. The van der Waals surface area contributed by atoms with Crippen molar-refractivity contribution in [2.75, 3.05) is 27.9 Å². The number of rotatable bonds is 5. The van der Waals surface area contributed by atoms with Gasteiger partial charge >= 0.3 is 0 Å². The zero-order valence-corrected chi connectivity index (χ0v) is 16.1. The molecule has 1 aromatic heterocycles. The normalized spacial score (nSPS) is 13.1. The molecule has 0 bridgehead atoms. The summed E-state index contributed by atoms with van der Waals surface area (Å²) in [6, 6.07) is 5.33. The molecule has 0 fully saturated rings. The van der Waals surface area contributed by atoms with Crippen LogP contribution in [0.4, 0.5) is 0 Å². The van der Waals surface area contributed by atoms with Crippen molar-refractivity contribution in [2.24, 2.45) is 0 Å². The van der Waals surface area contributed by atoms with Gasteiger partial charge in [-0.25, -0.2) is 0 Å². The van der Waals surface area contributed by atoms with E-state index in [9.17, 15) is 9.59 Å². The summed E-state index contributed by atoms with van der Waals surface area (Å²) in [4.78, 5) is 26.4. The topological polar surface area (TPSA) is 70.0 Å². The average molecular weight is 372 g/mol. The summed E-state index contributed by atoms with van der Waals surface area (Å²) in [6.45, 7) is 3.09. The summed E-state index contributed by atoms with van der Waals surface area (Å²) in [6.07, 6.45) is 2.39. The van der Waals surface area contributed by atoms with Crippen molar-refractivity contribution in [3.63, 3.8) is 0 Å². The molecule has 0 aliphatic carbocycles. The van der Waals surface area contributed by atoms with E-state index < -0.39 is 0 Å². The number of hydrogen-bond acceptors (Lipinski definition) is 5. The number of carbonyl (C=O) groups excluding carboxylic acids is 1. The third-order valence-corrected chi connectivity index (χ3v) is 4.97. The molecule has 144 valence electrons. The van der Waals surface area contributed by atoms with E-state index in [1.807, 2.05) is 17.0 Å². The number of carbonyl (C=O) groups is 1. The monoisotopic (exact) mass is 372 g/mol. The van der Waals surface area contributed by atoms with Gasteiger partial charge in [0.2, 0.25) is 11.3 Å². The molecule has 3 rings (SSSR count). The molecule has 2 aromatic rings. The Morgan fingerprint density at radius 3 is 2.37 bits per heavy atom. The Hall–Kier alpha value is -2.96. The fourth-order valence-electron chi connectivity index (χ4n) is 3.42. The number of benzene rings is 1. The van der Waals surface area contributed by atoms with Gasteiger partial charge in [0, 0.05) is 25.4 Å². The fourth-order valence-corrected chi connectivity index (χ4v) is 3.42. The molecule has 0 unspecified atom stereocenters. The van der Waals surface area contributed by atoms with Crippen molar-refractivity contribution in [2.45, 2.75) is 26.4 Å². The number of amides is 1. The minimum atomic E-state index is -0.188. The highest BCUT2D eigenvalue weighted by Crippen LogP contribution is 2.33. The van der Waals surface area contributed by atoms with Gasteiger partial charge in [0.15, 0.2) is 17.2 Å². The van der Waals surface area contributed by atoms with Crippen LogP contribution in [0.1, 0.15) is 16.8 Å². The molecule has 0 saturated heterocycles. The van der Waals surface area contributed by atoms with Crippen molar-refractivity contribution in [1.82, 2.24) is 9.47 Å². The molecule has 1 aliphatic rings. The van der Waals surface area contributed by atoms with E-state index in [4.69, 9.17) is 14.2 Å². The molecule has 0 radical (unpaired) electrons. The summed E-state index contributed by atoms with van der Waals surface area (Å²) in [5.74, 6) is 1.62. The average Bonchev–Trinajstić information content (AvgIpc) is 2.68. The van der Waals surface area contributed by atoms with Gasteiger partial charge in [0.05, 0.1) is 27.0 Å². The second-order valence-electron chi connectivity index (χ2n) is 6.47. The standard InChI is InChI=1S/C20H24N2O5/c1-13-20(27-4)16(23)6-8-21(13)12-19(24)22-7-5-14-9-17(25-2)18(26-3)10-15(14)11-22/h6,8-10H,5,7,11-12H2,1-4H3. The highest BCUT2D eigenvalue weighted by Gasteiger charge is 2.23. The smallest absolute Gasteiger partial charge is 0.242 e. The van der Waals surface area contributed by atoms with Crippen LogP contribution < -0.4 is 19.6 Å². The molecule has 2 heterocycles. The number of nitrogens with zero attached hydrogens (tertiary/aromatic N) is 2. The lowest BCUT2D eigenvalue weighted by Crippen LogP contribution is -2.38. The SMILES string of the molecule is COc1cc2c(cc1OC)CN(C(=O)Cn1ccc(=O)c(OC)c1C)CC2. The minimum Gasteiger partial charge on any atom is -0.493 e. The first-order chi connectivity index (χ1) is 13.0. The maximum Gasteiger partial charge on any atom is 0.242 e. The maximum absolute atomic E-state index is 12.8. The molecular weight excluding hydrogens is 348 g/mol. The molecule has 0 spiro atoms. The summed E-state index contributed by atoms with van der Waals surface area (Å²) < 4.78 is 17.6. The Kier molecular flexibility index (Phi) is 5.39. The summed E-state index contributed by atoms with van der Waals surface area (Å²) in [5, 5.41) is 0. The minimum absolute atomic E-state index is 0.00997. The Labute approximate surface area is 158 Å². The molecular formula is C20H24N2O5. The summed E-state index contributed by atoms with van der Waals surface area (Å²) in [7, 11) is 4.67. The molecule has 0 N–H and O–H groups in total. The van der Waals surface area contributed by atoms with Crippen LogP contribution in [0.15, 0.2) is 29.2 Å². The van der Waals surface area contributed by atoms with Crippen LogP contribution >= 0.6 is 0 Å². The van der Waals surface area contributed by atoms with Gasteiger partial charge in [0.25, 0.3) is 0 Å². The van der Waals surface area contributed by atoms with Gasteiger partial charge in [-0.1, -0.05) is 0 Å². The van der Waals surface area contributed by atoms with Crippen LogP contribution in [0.3, 0.4) is 0 Å². The van der Waals surface area contributed by atoms with Crippen LogP contribution in [0.25, 0.3) is 0 Å². The van der Waals surface area contributed by atoms with Gasteiger partial charge in [0.1, 0.15) is 6.54 Å². The lowest BCUT2D eigenvalue weighted by Gasteiger charge is -2.30. The van der Waals surface area contributed by atoms with Gasteiger partial charge in [-0.3, -0.25) is 9.59 Å². The van der Waals surface area contributed by atoms with Crippen LogP contribution in [-0.4, -0.2) is 43.2 Å². The molecule has 1 aromatic carbocycles. The van der Waals surface area contributed by atoms with Crippen LogP contribution in [-0.2, 0) is 24.3 Å². The fraction of sp³-hybridized carbons (Fsp3) is 0.400. The quantitative estimate of drug-likeness (QED) is 0.800. The molecule has 0 atom stereocenters. The van der Waals surface area contributed by atoms with E-state index in [2.05, 4.69) is 0 Å². The second-order valence-corrected chi connectivity index (χ2v) is 6.47. The zero-order valence-electron chi connectivity index (χ0n) is 16.1. The summed E-state index contributed by atoms with van der Waals surface area (Å²) in [5.41, 5.74) is 2.67. The van der Waals surface area contributed by atoms with Crippen molar-refractivity contribution >= 4 is 5.91 Å². The van der Waals surface area contributed by atoms with E-state index in [1.54, 1.807) is 31.9 Å². The molecule has 0 saturated carbocycles. The molecule has 7 heteroatoms. The third kappa shape index (κ3) is 3.63. The van der Waals surface area contributed by atoms with Gasteiger partial charge in [-0.2, -0.15) is 0 Å². The van der Waals surface area contributed by atoms with E-state index in [0.29, 0.717) is 30.3 Å². The number of methoxy groups -OCH3 is 3. The Balaban J connectivity index is 1.79. The number of hydrogen-bond donors (Lipinski definition) is 0. The molecule has 1 amide bonds. The van der Waals surface area contributed by atoms with E-state index >= 15 is 0 Å². The maximum atomic E-state index is 12.8. The van der Waals surface area contributed by atoms with E-state index in [1.165, 1.54) is 13.2 Å². The van der Waals surface area contributed by atoms with Crippen LogP contribution in [0, 0.1) is 6.92 Å². The lowest BCUT2D eigenvalue weighted by molar-refractivity contribution is -0.132. The first-order valence-electron chi connectivity index (χ1n) is 8.74. The Bertz CT molecular complexity index is 919. The second kappa shape index (κ2) is 7.73. The predicted octanol–water partition coefficient (Wildman–Crippen LogP) is 1.77. The molecule has 7 nitrogen and oxygen atoms in total. The highest BCUT2D eigenvalue weighted by atomic mass is 16.5. The van der Waals surface area contributed by atoms with Crippen molar-refractivity contribution in [1.29, 1.82) is 0 Å². The number of pyridine rings is 1. The van der Waals surface area contributed by atoms with E-state index in [-0.39, 0.29) is 23.6 Å². The Morgan fingerprint density at radius 1 is 1.07 bits per heavy atom. The third-order valence-electron chi connectivity index (χ3n) is 4.97. The predicted molar refractivity (Wildman–Crippen MR) is 101 cm³/mol. The number of fused-ring (bicyclic) bond motifs is 1. The molecule has 1 aliphatic heterocycles. The van der Waals surface area contributed by atoms with Crippen LogP contribution in [0.2, 0.25) is 0 Å². The first-order valence-corrected chi connectivity index (χ1v) is 8.74. The van der Waals surface area contributed by atoms with E-state index in [0.717, 1.165) is 17.5 Å². The summed E-state index contributed by atoms with van der Waals surface area (Å²) >= 11 is 0. The van der Waals surface area contributed by atoms with Gasteiger partial charge in [-0.05, 0) is 36.6 Å². The number of ether oxygens (including phenoxy) is 3. The van der Waals surface area contributed by atoms with Crippen molar-refractivity contribution in [3.05, 3.63) is 51.4 Å². The Morgan fingerprint density at radius 2 is 1.74 bits per heavy atom. The zero-order chi connectivity index (χ0) is 19.6. The molecule has 27 heavy (non-hydrogen) atoms. The largest absolute Gasteiger partial charge is 0.493 e. The van der Waals surface area contributed by atoms with Gasteiger partial charge < -0.3 is 23.7 Å². The first kappa shape index (κ1) is 18.8. The highest BCUT2D eigenvalue weighted by molar-refractivity contribution is 5.76. The number of aromatic nitrogens is 1. The van der Waals surface area contributed by atoms with Crippen molar-refractivity contribution < 1.29 is 19.0 Å². The van der Waals surface area contributed by atoms with Crippen molar-refractivity contribution in [3.8, 4) is 17.2 Å². The van der Waals surface area contributed by atoms with Crippen LogP contribution in [0.5, 0.6) is 17.2 Å².